The quantitative estimate of drug-likeness (QED) is 0.819. The van der Waals surface area contributed by atoms with E-state index >= 15 is 0 Å². The predicted octanol–water partition coefficient (Wildman–Crippen LogP) is 1.37. The molecule has 0 radical (unpaired) electrons. The Labute approximate surface area is 93.4 Å². The third kappa shape index (κ3) is 1.81. The van der Waals surface area contributed by atoms with Crippen LogP contribution in [0.15, 0.2) is 36.5 Å². The number of rotatable bonds is 2. The average Bonchev–Trinajstić information content (AvgIpc) is 2.74. The summed E-state index contributed by atoms with van der Waals surface area (Å²) >= 11 is 0. The second-order valence-corrected chi connectivity index (χ2v) is 3.52. The zero-order valence-corrected chi connectivity index (χ0v) is 8.83. The number of benzene rings is 1. The number of nitriles is 1. The van der Waals surface area contributed by atoms with E-state index in [-0.39, 0.29) is 0 Å². The molecule has 0 aliphatic carbocycles. The average molecular weight is 213 g/mol. The molecule has 4 nitrogen and oxygen atoms in total. The number of aromatic nitrogens is 2. The summed E-state index contributed by atoms with van der Waals surface area (Å²) in [5.41, 5.74) is 1.94. The van der Waals surface area contributed by atoms with Crippen LogP contribution in [0.2, 0.25) is 0 Å². The largest absolute Gasteiger partial charge is 0.382 e. The van der Waals surface area contributed by atoms with Gasteiger partial charge in [-0.05, 0) is 23.8 Å². The first kappa shape index (κ1) is 10.4. The molecule has 0 amide bonds. The van der Waals surface area contributed by atoms with Crippen molar-refractivity contribution < 1.29 is 5.11 Å². The number of aliphatic hydroxyl groups excluding tert-OH is 1. The Morgan fingerprint density at radius 2 is 2.25 bits per heavy atom. The Bertz CT molecular complexity index is 539. The van der Waals surface area contributed by atoms with Crippen molar-refractivity contribution in [3.8, 4) is 6.07 Å². The highest BCUT2D eigenvalue weighted by atomic mass is 16.3. The van der Waals surface area contributed by atoms with Crippen molar-refractivity contribution >= 4 is 0 Å². The van der Waals surface area contributed by atoms with Crippen LogP contribution in [-0.2, 0) is 7.05 Å². The van der Waals surface area contributed by atoms with Gasteiger partial charge in [0.1, 0.15) is 6.10 Å². The molecular weight excluding hydrogens is 202 g/mol. The van der Waals surface area contributed by atoms with Gasteiger partial charge >= 0.3 is 0 Å². The Balaban J connectivity index is 2.38. The van der Waals surface area contributed by atoms with Gasteiger partial charge in [0.05, 0.1) is 17.3 Å². The van der Waals surface area contributed by atoms with E-state index in [0.717, 1.165) is 0 Å². The van der Waals surface area contributed by atoms with Gasteiger partial charge in [-0.2, -0.15) is 10.4 Å². The SMILES string of the molecule is Cn1nccc1C(O)c1cccc(C#N)c1. The maximum Gasteiger partial charge on any atom is 0.121 e. The maximum atomic E-state index is 10.1. The molecule has 4 heteroatoms. The Morgan fingerprint density at radius 3 is 2.88 bits per heavy atom. The highest BCUT2D eigenvalue weighted by Gasteiger charge is 2.13. The molecule has 80 valence electrons. The molecule has 1 aromatic heterocycles. The van der Waals surface area contributed by atoms with Gasteiger partial charge in [0, 0.05) is 13.2 Å². The third-order valence-corrected chi connectivity index (χ3v) is 2.47. The van der Waals surface area contributed by atoms with Gasteiger partial charge in [-0.1, -0.05) is 12.1 Å². The fourth-order valence-corrected chi connectivity index (χ4v) is 1.60. The van der Waals surface area contributed by atoms with Crippen LogP contribution in [-0.4, -0.2) is 14.9 Å². The van der Waals surface area contributed by atoms with Crippen LogP contribution in [0.5, 0.6) is 0 Å². The van der Waals surface area contributed by atoms with Gasteiger partial charge in [-0.15, -0.1) is 0 Å². The zero-order valence-electron chi connectivity index (χ0n) is 8.83. The van der Waals surface area contributed by atoms with Crippen molar-refractivity contribution in [3.05, 3.63) is 53.3 Å². The molecule has 0 bridgehead atoms. The fourth-order valence-electron chi connectivity index (χ4n) is 1.60. The van der Waals surface area contributed by atoms with E-state index in [9.17, 15) is 5.11 Å². The van der Waals surface area contributed by atoms with Crippen LogP contribution in [0.4, 0.5) is 0 Å². The molecule has 2 aromatic rings. The van der Waals surface area contributed by atoms with Gasteiger partial charge < -0.3 is 5.11 Å². The molecule has 2 rings (SSSR count). The first-order valence-electron chi connectivity index (χ1n) is 4.88. The molecule has 1 unspecified atom stereocenters. The first-order chi connectivity index (χ1) is 7.72. The summed E-state index contributed by atoms with van der Waals surface area (Å²) in [6.07, 6.45) is 0.882. The molecule has 1 heterocycles. The van der Waals surface area contributed by atoms with Crippen molar-refractivity contribution in [1.29, 1.82) is 5.26 Å². The lowest BCUT2D eigenvalue weighted by atomic mass is 10.0. The fraction of sp³-hybridized carbons (Fsp3) is 0.167. The summed E-state index contributed by atoms with van der Waals surface area (Å²) in [5, 5.41) is 22.9. The lowest BCUT2D eigenvalue weighted by Crippen LogP contribution is -2.06. The van der Waals surface area contributed by atoms with Crippen molar-refractivity contribution in [3.63, 3.8) is 0 Å². The second kappa shape index (κ2) is 4.17. The zero-order chi connectivity index (χ0) is 11.5. The molecule has 0 saturated heterocycles. The highest BCUT2D eigenvalue weighted by molar-refractivity contribution is 5.36. The highest BCUT2D eigenvalue weighted by Crippen LogP contribution is 2.21. The van der Waals surface area contributed by atoms with Crippen molar-refractivity contribution in [2.45, 2.75) is 6.10 Å². The summed E-state index contributed by atoms with van der Waals surface area (Å²) in [4.78, 5) is 0. The van der Waals surface area contributed by atoms with Crippen LogP contribution >= 0.6 is 0 Å². The predicted molar refractivity (Wildman–Crippen MR) is 58.4 cm³/mol. The number of hydrogen-bond acceptors (Lipinski definition) is 3. The van der Waals surface area contributed by atoms with E-state index in [1.165, 1.54) is 0 Å². The lowest BCUT2D eigenvalue weighted by Gasteiger charge is -2.11. The molecule has 1 atom stereocenters. The van der Waals surface area contributed by atoms with Crippen LogP contribution in [0.25, 0.3) is 0 Å². The summed E-state index contributed by atoms with van der Waals surface area (Å²) < 4.78 is 1.61. The summed E-state index contributed by atoms with van der Waals surface area (Å²) in [6, 6.07) is 10.7. The maximum absolute atomic E-state index is 10.1. The number of aryl methyl sites for hydroxylation is 1. The molecule has 1 N–H and O–H groups in total. The van der Waals surface area contributed by atoms with Gasteiger partial charge in [-0.25, -0.2) is 0 Å². The summed E-state index contributed by atoms with van der Waals surface area (Å²) in [7, 11) is 1.77. The minimum absolute atomic E-state index is 0.540. The lowest BCUT2D eigenvalue weighted by molar-refractivity contribution is 0.209. The van der Waals surface area contributed by atoms with Gasteiger partial charge in [-0.3, -0.25) is 4.68 Å². The topological polar surface area (TPSA) is 61.8 Å². The van der Waals surface area contributed by atoms with Gasteiger partial charge in [0.2, 0.25) is 0 Å². The number of aliphatic hydroxyl groups is 1. The van der Waals surface area contributed by atoms with Crippen LogP contribution in [0, 0.1) is 11.3 Å². The van der Waals surface area contributed by atoms with E-state index in [2.05, 4.69) is 5.10 Å². The van der Waals surface area contributed by atoms with E-state index in [1.54, 1.807) is 48.3 Å². The normalized spacial score (nSPS) is 12.1. The Hall–Kier alpha value is -2.12. The standard InChI is InChI=1S/C12H11N3O/c1-15-11(5-6-14-15)12(16)10-4-2-3-9(7-10)8-13/h2-7,12,16H,1H3. The molecule has 0 aliphatic rings. The van der Waals surface area contributed by atoms with Crippen molar-refractivity contribution in [2.24, 2.45) is 7.05 Å². The van der Waals surface area contributed by atoms with Crippen LogP contribution < -0.4 is 0 Å². The monoisotopic (exact) mass is 213 g/mol. The molecule has 0 aliphatic heterocycles. The first-order valence-corrected chi connectivity index (χ1v) is 4.88. The Kier molecular flexibility index (Phi) is 2.71. The molecule has 1 aromatic carbocycles. The minimum Gasteiger partial charge on any atom is -0.382 e. The Morgan fingerprint density at radius 1 is 1.44 bits per heavy atom. The van der Waals surface area contributed by atoms with Crippen LogP contribution in [0.3, 0.4) is 0 Å². The van der Waals surface area contributed by atoms with Crippen molar-refractivity contribution in [2.75, 3.05) is 0 Å². The number of hydrogen-bond donors (Lipinski definition) is 1. The molecule has 16 heavy (non-hydrogen) atoms. The summed E-state index contributed by atoms with van der Waals surface area (Å²) in [5.74, 6) is 0. The van der Waals surface area contributed by atoms with Crippen LogP contribution in [0.1, 0.15) is 22.9 Å². The van der Waals surface area contributed by atoms with Gasteiger partial charge in [0.25, 0.3) is 0 Å². The number of nitrogens with zero attached hydrogens (tertiary/aromatic N) is 3. The summed E-state index contributed by atoms with van der Waals surface area (Å²) in [6.45, 7) is 0. The molecule has 0 spiro atoms. The van der Waals surface area contributed by atoms with E-state index in [0.29, 0.717) is 16.8 Å². The van der Waals surface area contributed by atoms with E-state index < -0.39 is 6.10 Å². The van der Waals surface area contributed by atoms with Gasteiger partial charge in [0.15, 0.2) is 0 Å². The molecular formula is C12H11N3O. The second-order valence-electron chi connectivity index (χ2n) is 3.52. The van der Waals surface area contributed by atoms with E-state index in [4.69, 9.17) is 5.26 Å². The smallest absolute Gasteiger partial charge is 0.121 e. The molecule has 0 saturated carbocycles. The molecule has 0 fully saturated rings. The third-order valence-electron chi connectivity index (χ3n) is 2.47. The van der Waals surface area contributed by atoms with E-state index in [1.807, 2.05) is 6.07 Å². The van der Waals surface area contributed by atoms with Crippen molar-refractivity contribution in [1.82, 2.24) is 9.78 Å². The minimum atomic E-state index is -0.749.